The quantitative estimate of drug-likeness (QED) is 0.140. The molecule has 6 unspecified atom stereocenters. The number of phenolic OH excluding ortho intramolecular Hbond substituents is 4. The van der Waals surface area contributed by atoms with Crippen LogP contribution < -0.4 is 0 Å². The minimum absolute atomic E-state index is 0.0230. The number of rotatable bonds is 2. The molecule has 10 rings (SSSR count). The van der Waals surface area contributed by atoms with Crippen molar-refractivity contribution in [3.63, 3.8) is 0 Å². The Bertz CT molecular complexity index is 2620. The van der Waals surface area contributed by atoms with E-state index in [2.05, 4.69) is 115 Å². The van der Waals surface area contributed by atoms with Gasteiger partial charge in [-0.15, -0.1) is 0 Å². The summed E-state index contributed by atoms with van der Waals surface area (Å²) in [6.45, 7) is 20.4. The standard InChI is InChI=1S/C17H19NO.C14H14O.2C12H16O/c1-4-17(2,3)18-13-9-6-5-8-12(13)16-14(18)10-7-11-15(16)19;1-8-9(2)11-6-7-13(15)12-5-3-4-10(8)14(11)12;1-8-5-10-3-4-12(13)7-11(10)6-9(8)2;1-8-3-4-10-7-11(13)5-6-12(10)9(8)2/h5-11,19H,4H2,1-3H3;3-9,15H,1-2H3;3-4,7-9,13H,5-6H2,1-2H3;5-9,13H,3-4H2,1-2H3. The van der Waals surface area contributed by atoms with Crippen LogP contribution in [0.4, 0.5) is 0 Å². The van der Waals surface area contributed by atoms with Crippen LogP contribution in [0.2, 0.25) is 0 Å². The van der Waals surface area contributed by atoms with Crippen molar-refractivity contribution in [2.24, 2.45) is 17.8 Å². The number of hydrogen-bond donors (Lipinski definition) is 4. The minimum atomic E-state index is 0.0230. The normalized spacial score (nSPS) is 21.5. The highest BCUT2D eigenvalue weighted by atomic mass is 16.3. The zero-order valence-corrected chi connectivity index (χ0v) is 37.1. The zero-order chi connectivity index (χ0) is 43.0. The molecular weight excluding hydrogens is 739 g/mol. The molecule has 5 heteroatoms. The Morgan fingerprint density at radius 3 is 1.82 bits per heavy atom. The fourth-order valence-electron chi connectivity index (χ4n) is 9.85. The van der Waals surface area contributed by atoms with E-state index in [9.17, 15) is 20.4 Å². The number of benzene rings is 6. The summed E-state index contributed by atoms with van der Waals surface area (Å²) in [6.07, 6.45) is 5.69. The van der Waals surface area contributed by atoms with Gasteiger partial charge in [0.05, 0.1) is 5.52 Å². The van der Waals surface area contributed by atoms with Crippen molar-refractivity contribution in [2.45, 2.75) is 118 Å². The summed E-state index contributed by atoms with van der Waals surface area (Å²) in [5.41, 5.74) is 10.6. The first-order valence-electron chi connectivity index (χ1n) is 22.2. The van der Waals surface area contributed by atoms with E-state index in [1.54, 1.807) is 18.2 Å². The van der Waals surface area contributed by atoms with Crippen LogP contribution in [0.25, 0.3) is 32.6 Å². The Morgan fingerprint density at radius 2 is 1.10 bits per heavy atom. The average Bonchev–Trinajstić information content (AvgIpc) is 3.71. The number of para-hydroxylation sites is 1. The summed E-state index contributed by atoms with van der Waals surface area (Å²) in [4.78, 5) is 0. The summed E-state index contributed by atoms with van der Waals surface area (Å²) in [6, 6.07) is 35.7. The van der Waals surface area contributed by atoms with Crippen molar-refractivity contribution < 1.29 is 20.4 Å². The molecule has 1 heterocycles. The van der Waals surface area contributed by atoms with Crippen LogP contribution in [-0.2, 0) is 24.8 Å². The minimum Gasteiger partial charge on any atom is -0.508 e. The Hall–Kier alpha value is -5.42. The molecule has 3 aliphatic carbocycles. The van der Waals surface area contributed by atoms with E-state index in [4.69, 9.17) is 0 Å². The van der Waals surface area contributed by atoms with Gasteiger partial charge in [-0.3, -0.25) is 0 Å². The van der Waals surface area contributed by atoms with Crippen molar-refractivity contribution in [1.82, 2.24) is 4.57 Å². The van der Waals surface area contributed by atoms with E-state index < -0.39 is 0 Å². The molecule has 7 aromatic rings. The van der Waals surface area contributed by atoms with Crippen LogP contribution in [0.5, 0.6) is 23.0 Å². The lowest BCUT2D eigenvalue weighted by atomic mass is 9.77. The summed E-state index contributed by atoms with van der Waals surface area (Å²) in [5.74, 6) is 5.63. The van der Waals surface area contributed by atoms with Crippen LogP contribution >= 0.6 is 0 Å². The van der Waals surface area contributed by atoms with Crippen molar-refractivity contribution in [3.05, 3.63) is 143 Å². The monoisotopic (exact) mass is 803 g/mol. The number of aryl methyl sites for hydroxylation is 1. The third kappa shape index (κ3) is 8.20. The number of fused-ring (bicyclic) bond motifs is 5. The summed E-state index contributed by atoms with van der Waals surface area (Å²) in [5, 5.41) is 43.1. The van der Waals surface area contributed by atoms with Crippen molar-refractivity contribution in [2.75, 3.05) is 0 Å². The Balaban J connectivity index is 0.000000123. The topological polar surface area (TPSA) is 85.9 Å². The van der Waals surface area contributed by atoms with Gasteiger partial charge in [-0.25, -0.2) is 0 Å². The molecule has 314 valence electrons. The van der Waals surface area contributed by atoms with Crippen LogP contribution in [0.3, 0.4) is 0 Å². The largest absolute Gasteiger partial charge is 0.508 e. The van der Waals surface area contributed by atoms with Crippen LogP contribution in [0, 0.1) is 17.8 Å². The zero-order valence-electron chi connectivity index (χ0n) is 37.1. The molecule has 6 aromatic carbocycles. The second-order valence-corrected chi connectivity index (χ2v) is 18.7. The summed E-state index contributed by atoms with van der Waals surface area (Å²) < 4.78 is 2.34. The van der Waals surface area contributed by atoms with Gasteiger partial charge in [-0.1, -0.05) is 109 Å². The third-order valence-corrected chi connectivity index (χ3v) is 14.5. The number of hydrogen-bond acceptors (Lipinski definition) is 4. The molecule has 3 aliphatic rings. The van der Waals surface area contributed by atoms with E-state index in [0.29, 0.717) is 40.8 Å². The molecule has 6 atom stereocenters. The fraction of sp³-hybridized carbons (Fsp3) is 0.382. The maximum Gasteiger partial charge on any atom is 0.125 e. The first-order chi connectivity index (χ1) is 28.6. The van der Waals surface area contributed by atoms with Gasteiger partial charge < -0.3 is 25.0 Å². The Morgan fingerprint density at radius 1 is 0.517 bits per heavy atom. The summed E-state index contributed by atoms with van der Waals surface area (Å²) >= 11 is 0. The molecule has 1 aromatic heterocycles. The SMILES string of the molecule is CC1CCc2cc(O)ccc2C1C.CC1Cc2ccc(O)cc2CC1C.CC1c2cccc3c(O)ccc(c23)C1C.CCC(C)(C)n1c2ccccc2c2c(O)cccc21. The molecule has 0 bridgehead atoms. The molecule has 5 nitrogen and oxygen atoms in total. The first-order valence-corrected chi connectivity index (χ1v) is 22.2. The van der Waals surface area contributed by atoms with Crippen LogP contribution in [0.1, 0.15) is 126 Å². The lowest BCUT2D eigenvalue weighted by molar-refractivity contribution is 0.359. The Kier molecular flexibility index (Phi) is 12.3. The smallest absolute Gasteiger partial charge is 0.125 e. The number of aromatic nitrogens is 1. The van der Waals surface area contributed by atoms with Crippen molar-refractivity contribution in [1.29, 1.82) is 0 Å². The van der Waals surface area contributed by atoms with E-state index >= 15 is 0 Å². The molecule has 0 spiro atoms. The molecule has 0 saturated carbocycles. The predicted octanol–water partition coefficient (Wildman–Crippen LogP) is 14.3. The molecule has 60 heavy (non-hydrogen) atoms. The van der Waals surface area contributed by atoms with E-state index in [1.165, 1.54) is 50.7 Å². The average molecular weight is 804 g/mol. The van der Waals surface area contributed by atoms with Gasteiger partial charge in [0, 0.05) is 27.2 Å². The number of aromatic hydroxyl groups is 4. The molecular formula is C55H65NO4. The highest BCUT2D eigenvalue weighted by Crippen LogP contribution is 2.48. The van der Waals surface area contributed by atoms with Gasteiger partial charge in [0.2, 0.25) is 0 Å². The Labute approximate surface area is 357 Å². The third-order valence-electron chi connectivity index (χ3n) is 14.5. The maximum absolute atomic E-state index is 10.2. The molecule has 0 fully saturated rings. The van der Waals surface area contributed by atoms with Crippen molar-refractivity contribution in [3.8, 4) is 23.0 Å². The molecule has 0 aliphatic heterocycles. The van der Waals surface area contributed by atoms with Crippen molar-refractivity contribution >= 4 is 32.6 Å². The van der Waals surface area contributed by atoms with Crippen LogP contribution in [-0.4, -0.2) is 25.0 Å². The van der Waals surface area contributed by atoms with Gasteiger partial charge >= 0.3 is 0 Å². The van der Waals surface area contributed by atoms with E-state index in [0.717, 1.165) is 65.1 Å². The van der Waals surface area contributed by atoms with Gasteiger partial charge in [0.15, 0.2) is 0 Å². The lowest BCUT2D eigenvalue weighted by Gasteiger charge is -2.28. The second-order valence-electron chi connectivity index (χ2n) is 18.7. The first kappa shape index (κ1) is 42.7. The van der Waals surface area contributed by atoms with Gasteiger partial charge in [0.25, 0.3) is 0 Å². The molecule has 4 N–H and O–H groups in total. The van der Waals surface area contributed by atoms with Gasteiger partial charge in [-0.05, 0) is 169 Å². The van der Waals surface area contributed by atoms with Gasteiger partial charge in [-0.2, -0.15) is 0 Å². The lowest BCUT2D eigenvalue weighted by Crippen LogP contribution is -2.24. The maximum atomic E-state index is 10.2. The van der Waals surface area contributed by atoms with Gasteiger partial charge in [0.1, 0.15) is 23.0 Å². The van der Waals surface area contributed by atoms with Crippen LogP contribution in [0.15, 0.2) is 109 Å². The molecule has 0 amide bonds. The highest BCUT2D eigenvalue weighted by Gasteiger charge is 2.29. The second kappa shape index (κ2) is 17.3. The number of phenols is 4. The summed E-state index contributed by atoms with van der Waals surface area (Å²) in [7, 11) is 0. The fourth-order valence-corrected chi connectivity index (χ4v) is 9.85. The predicted molar refractivity (Wildman–Crippen MR) is 251 cm³/mol. The van der Waals surface area contributed by atoms with E-state index in [-0.39, 0.29) is 5.54 Å². The highest BCUT2D eigenvalue weighted by molar-refractivity contribution is 6.11. The van der Waals surface area contributed by atoms with E-state index in [1.807, 2.05) is 42.5 Å². The molecule has 0 radical (unpaired) electrons. The number of nitrogens with zero attached hydrogens (tertiary/aromatic N) is 1. The molecule has 0 saturated heterocycles.